The number of hydrogen-bond acceptors (Lipinski definition) is 3. The summed E-state index contributed by atoms with van der Waals surface area (Å²) in [4.78, 5) is 19.3. The molecule has 0 aromatic heterocycles. The lowest BCUT2D eigenvalue weighted by atomic mass is 10.2. The maximum Gasteiger partial charge on any atom is 0.241 e. The highest BCUT2D eigenvalue weighted by atomic mass is 16.1. The summed E-state index contributed by atoms with van der Waals surface area (Å²) in [6.07, 6.45) is 3.78. The number of carbonyl (C=O) groups is 2. The minimum absolute atomic E-state index is 0.435. The number of aldehydes is 1. The van der Waals surface area contributed by atoms with Crippen molar-refractivity contribution < 1.29 is 9.59 Å². The Hall–Kier alpha value is -2.10. The van der Waals surface area contributed by atoms with Crippen molar-refractivity contribution >= 4 is 24.0 Å². The number of hydrogen-bond donors (Lipinski definition) is 2. The molecule has 0 aliphatic rings. The van der Waals surface area contributed by atoms with E-state index in [9.17, 15) is 4.79 Å². The summed E-state index contributed by atoms with van der Waals surface area (Å²) in [7, 11) is 1.84. The van der Waals surface area contributed by atoms with E-state index in [1.807, 2.05) is 31.3 Å². The number of nitrogens with two attached hydrogens (primary N) is 1. The Morgan fingerprint density at radius 1 is 1.44 bits per heavy atom. The second-order valence-electron chi connectivity index (χ2n) is 2.85. The molecule has 1 rings (SSSR count). The molecular formula is C12H16N2O2. The largest absolute Gasteiger partial charge is 0.388 e. The van der Waals surface area contributed by atoms with Crippen LogP contribution in [-0.4, -0.2) is 19.2 Å². The fraction of sp³-hybridized carbons (Fsp3) is 0.167. The van der Waals surface area contributed by atoms with E-state index in [2.05, 4.69) is 5.32 Å². The fourth-order valence-corrected chi connectivity index (χ4v) is 0.976. The monoisotopic (exact) mass is 220 g/mol. The lowest BCUT2D eigenvalue weighted by Crippen LogP contribution is -2.05. The number of carbonyl (C=O) groups excluding carboxylic acids is 2. The van der Waals surface area contributed by atoms with Crippen LogP contribution >= 0.6 is 0 Å². The van der Waals surface area contributed by atoms with Gasteiger partial charge in [-0.25, -0.2) is 0 Å². The van der Waals surface area contributed by atoms with E-state index in [-0.39, 0.29) is 0 Å². The molecule has 0 spiro atoms. The number of nitrogens with one attached hydrogen (secondary N) is 1. The van der Waals surface area contributed by atoms with Crippen LogP contribution in [-0.2, 0) is 9.59 Å². The average molecular weight is 220 g/mol. The number of primary amides is 1. The standard InChI is InChI=1S/C10H12N2O.C2H4O/c1-12-9-4-2-3-8(7-9)5-6-10(11)13;1-2-3/h2-7,12H,1H3,(H2,11,13);2H,1H3/b6-5+;. The quantitative estimate of drug-likeness (QED) is 0.598. The third kappa shape index (κ3) is 6.37. The molecule has 1 amide bonds. The van der Waals surface area contributed by atoms with Crippen LogP contribution in [0.25, 0.3) is 6.08 Å². The maximum absolute atomic E-state index is 10.4. The van der Waals surface area contributed by atoms with Crippen molar-refractivity contribution in [3.8, 4) is 0 Å². The Balaban J connectivity index is 0.000000673. The molecule has 4 nitrogen and oxygen atoms in total. The Kier molecular flexibility index (Phi) is 7.15. The number of amides is 1. The van der Waals surface area contributed by atoms with Gasteiger partial charge in [-0.2, -0.15) is 0 Å². The van der Waals surface area contributed by atoms with Crippen LogP contribution < -0.4 is 11.1 Å². The van der Waals surface area contributed by atoms with Crippen molar-refractivity contribution in [1.82, 2.24) is 0 Å². The van der Waals surface area contributed by atoms with E-state index in [0.717, 1.165) is 17.5 Å². The van der Waals surface area contributed by atoms with Crippen LogP contribution in [0.15, 0.2) is 30.3 Å². The van der Waals surface area contributed by atoms with Crippen LogP contribution in [0.4, 0.5) is 5.69 Å². The molecule has 0 saturated carbocycles. The van der Waals surface area contributed by atoms with Gasteiger partial charge in [0.05, 0.1) is 0 Å². The zero-order valence-electron chi connectivity index (χ0n) is 9.44. The summed E-state index contributed by atoms with van der Waals surface area (Å²) < 4.78 is 0. The molecule has 1 aromatic carbocycles. The van der Waals surface area contributed by atoms with Gasteiger partial charge in [-0.05, 0) is 30.7 Å². The Morgan fingerprint density at radius 2 is 2.06 bits per heavy atom. The minimum atomic E-state index is -0.435. The first kappa shape index (κ1) is 13.9. The third-order valence-electron chi connectivity index (χ3n) is 1.62. The number of anilines is 1. The maximum atomic E-state index is 10.4. The molecule has 86 valence electrons. The summed E-state index contributed by atoms with van der Waals surface area (Å²) >= 11 is 0. The summed E-state index contributed by atoms with van der Waals surface area (Å²) in [6.45, 7) is 1.44. The summed E-state index contributed by atoms with van der Waals surface area (Å²) in [6, 6.07) is 7.69. The molecule has 0 unspecified atom stereocenters. The van der Waals surface area contributed by atoms with Crippen molar-refractivity contribution in [2.24, 2.45) is 5.73 Å². The van der Waals surface area contributed by atoms with Gasteiger partial charge in [0.15, 0.2) is 0 Å². The van der Waals surface area contributed by atoms with Gasteiger partial charge < -0.3 is 15.8 Å². The minimum Gasteiger partial charge on any atom is -0.388 e. The van der Waals surface area contributed by atoms with Gasteiger partial charge in [0, 0.05) is 18.8 Å². The van der Waals surface area contributed by atoms with E-state index >= 15 is 0 Å². The van der Waals surface area contributed by atoms with E-state index < -0.39 is 5.91 Å². The van der Waals surface area contributed by atoms with Crippen molar-refractivity contribution in [3.05, 3.63) is 35.9 Å². The highest BCUT2D eigenvalue weighted by molar-refractivity contribution is 5.90. The van der Waals surface area contributed by atoms with Gasteiger partial charge in [-0.3, -0.25) is 4.79 Å². The van der Waals surface area contributed by atoms with Crippen LogP contribution in [0.1, 0.15) is 12.5 Å². The van der Waals surface area contributed by atoms with Gasteiger partial charge in [-0.1, -0.05) is 12.1 Å². The Morgan fingerprint density at radius 3 is 2.56 bits per heavy atom. The predicted molar refractivity (Wildman–Crippen MR) is 66.0 cm³/mol. The van der Waals surface area contributed by atoms with Crippen LogP contribution in [0, 0.1) is 0 Å². The molecule has 0 radical (unpaired) electrons. The number of rotatable bonds is 3. The zero-order chi connectivity index (χ0) is 12.4. The Bertz CT molecular complexity index is 373. The van der Waals surface area contributed by atoms with Crippen LogP contribution in [0.3, 0.4) is 0 Å². The summed E-state index contributed by atoms with van der Waals surface area (Å²) in [5.41, 5.74) is 6.93. The second-order valence-corrected chi connectivity index (χ2v) is 2.85. The second kappa shape index (κ2) is 8.23. The summed E-state index contributed by atoms with van der Waals surface area (Å²) in [5.74, 6) is -0.435. The van der Waals surface area contributed by atoms with Gasteiger partial charge in [0.25, 0.3) is 0 Å². The molecule has 0 heterocycles. The molecule has 3 N–H and O–H groups in total. The first-order valence-corrected chi connectivity index (χ1v) is 4.79. The van der Waals surface area contributed by atoms with E-state index in [0.29, 0.717) is 0 Å². The Labute approximate surface area is 95.2 Å². The van der Waals surface area contributed by atoms with E-state index in [1.165, 1.54) is 13.0 Å². The van der Waals surface area contributed by atoms with Crippen molar-refractivity contribution in [2.75, 3.05) is 12.4 Å². The highest BCUT2D eigenvalue weighted by Crippen LogP contribution is 2.10. The lowest BCUT2D eigenvalue weighted by Gasteiger charge is -1.99. The molecular weight excluding hydrogens is 204 g/mol. The molecule has 0 bridgehead atoms. The lowest BCUT2D eigenvalue weighted by molar-refractivity contribution is -0.113. The number of benzene rings is 1. The third-order valence-corrected chi connectivity index (χ3v) is 1.62. The first-order chi connectivity index (χ1) is 7.63. The van der Waals surface area contributed by atoms with Gasteiger partial charge in [0.2, 0.25) is 5.91 Å². The van der Waals surface area contributed by atoms with Crippen molar-refractivity contribution in [1.29, 1.82) is 0 Å². The van der Waals surface area contributed by atoms with Gasteiger partial charge in [0.1, 0.15) is 6.29 Å². The SMILES string of the molecule is CC=O.CNc1cccc(/C=C/C(N)=O)c1. The molecule has 0 aliphatic heterocycles. The smallest absolute Gasteiger partial charge is 0.241 e. The molecule has 0 aliphatic carbocycles. The molecule has 0 atom stereocenters. The van der Waals surface area contributed by atoms with Crippen LogP contribution in [0.5, 0.6) is 0 Å². The normalized spacial score (nSPS) is 9.12. The summed E-state index contributed by atoms with van der Waals surface area (Å²) in [5, 5.41) is 3.00. The average Bonchev–Trinajstić information content (AvgIpc) is 2.28. The molecule has 0 fully saturated rings. The van der Waals surface area contributed by atoms with E-state index in [1.54, 1.807) is 6.08 Å². The molecule has 1 aromatic rings. The van der Waals surface area contributed by atoms with Crippen molar-refractivity contribution in [2.45, 2.75) is 6.92 Å². The molecule has 0 saturated heterocycles. The topological polar surface area (TPSA) is 72.2 Å². The molecule has 4 heteroatoms. The zero-order valence-corrected chi connectivity index (χ0v) is 9.44. The fourth-order valence-electron chi connectivity index (χ4n) is 0.976. The first-order valence-electron chi connectivity index (χ1n) is 4.79. The van der Waals surface area contributed by atoms with E-state index in [4.69, 9.17) is 10.5 Å². The van der Waals surface area contributed by atoms with Crippen molar-refractivity contribution in [3.63, 3.8) is 0 Å². The predicted octanol–water partition coefficient (Wildman–Crippen LogP) is 1.43. The van der Waals surface area contributed by atoms with Crippen LogP contribution in [0.2, 0.25) is 0 Å². The van der Waals surface area contributed by atoms with Gasteiger partial charge >= 0.3 is 0 Å². The highest BCUT2D eigenvalue weighted by Gasteiger charge is 1.90. The van der Waals surface area contributed by atoms with Gasteiger partial charge in [-0.15, -0.1) is 0 Å². The molecule has 16 heavy (non-hydrogen) atoms.